The number of nitrogens with two attached hydrogens (primary N) is 1. The number of unbranched alkanes of at least 4 members (excludes halogenated alkanes) is 7. The molecule has 19 nitrogen and oxygen atoms in total. The van der Waals surface area contributed by atoms with Crippen LogP contribution in [-0.4, -0.2) is 129 Å². The Morgan fingerprint density at radius 1 is 0.894 bits per heavy atom. The minimum atomic E-state index is -0.688. The highest BCUT2D eigenvalue weighted by atomic mass is 16.5. The van der Waals surface area contributed by atoms with Gasteiger partial charge in [0.1, 0.15) is 17.4 Å². The van der Waals surface area contributed by atoms with Gasteiger partial charge in [-0.05, 0) is 56.0 Å². The van der Waals surface area contributed by atoms with Crippen molar-refractivity contribution in [2.45, 2.75) is 96.2 Å². The van der Waals surface area contributed by atoms with Crippen LogP contribution in [0.4, 0.5) is 17.5 Å². The second kappa shape index (κ2) is 21.7. The third-order valence-corrected chi connectivity index (χ3v) is 12.8. The van der Waals surface area contributed by atoms with Gasteiger partial charge in [0.15, 0.2) is 11.5 Å². The van der Waals surface area contributed by atoms with Crippen LogP contribution in [0.15, 0.2) is 47.7 Å². The molecule has 1 unspecified atom stereocenters. The Hall–Kier alpha value is -6.47. The Morgan fingerprint density at radius 2 is 1.61 bits per heavy atom. The topological polar surface area (TPSA) is 232 Å². The quantitative estimate of drug-likeness (QED) is 0.0729. The Kier molecular flexibility index (Phi) is 15.1. The molecule has 2 fully saturated rings. The minimum absolute atomic E-state index is 0.0780. The zero-order chi connectivity index (χ0) is 46.0. The number of hydrogen-bond acceptors (Lipinski definition) is 14. The van der Waals surface area contributed by atoms with Crippen molar-refractivity contribution in [3.8, 4) is 11.5 Å². The van der Waals surface area contributed by atoms with Crippen LogP contribution in [0.1, 0.15) is 103 Å². The molecule has 2 saturated heterocycles. The van der Waals surface area contributed by atoms with Gasteiger partial charge in [-0.3, -0.25) is 33.9 Å². The molecule has 2 aromatic carbocycles. The van der Waals surface area contributed by atoms with Gasteiger partial charge in [0, 0.05) is 83.0 Å². The normalized spacial score (nSPS) is 17.7. The van der Waals surface area contributed by atoms with E-state index in [1.165, 1.54) is 43.0 Å². The lowest BCUT2D eigenvalue weighted by Gasteiger charge is -2.34. The smallest absolute Gasteiger partial charge is 0.283 e. The molecule has 5 amide bonds. The Labute approximate surface area is 383 Å². The van der Waals surface area contributed by atoms with Crippen LogP contribution in [0.3, 0.4) is 0 Å². The van der Waals surface area contributed by atoms with Crippen molar-refractivity contribution in [1.29, 1.82) is 0 Å². The number of aromatic nitrogens is 4. The maximum absolute atomic E-state index is 13.3. The second-order valence-electron chi connectivity index (χ2n) is 17.3. The lowest BCUT2D eigenvalue weighted by molar-refractivity contribution is -0.137. The predicted octanol–water partition coefficient (Wildman–Crippen LogP) is 3.88. The average Bonchev–Trinajstić information content (AvgIpc) is 3.95. The fourth-order valence-corrected chi connectivity index (χ4v) is 9.27. The number of methoxy groups -OCH3 is 1. The monoisotopic (exact) mass is 904 g/mol. The van der Waals surface area contributed by atoms with Gasteiger partial charge in [-0.15, -0.1) is 0 Å². The molecule has 0 saturated carbocycles. The van der Waals surface area contributed by atoms with E-state index in [4.69, 9.17) is 20.2 Å². The third-order valence-electron chi connectivity index (χ3n) is 12.8. The number of benzene rings is 2. The van der Waals surface area contributed by atoms with Gasteiger partial charge < -0.3 is 40.5 Å². The first-order valence-corrected chi connectivity index (χ1v) is 23.3. The van der Waals surface area contributed by atoms with Gasteiger partial charge in [-0.1, -0.05) is 50.7 Å². The number of hydrogen-bond donors (Lipinski definition) is 4. The van der Waals surface area contributed by atoms with Gasteiger partial charge in [0.05, 0.1) is 30.5 Å². The van der Waals surface area contributed by atoms with Crippen molar-refractivity contribution in [3.05, 3.63) is 65.0 Å². The summed E-state index contributed by atoms with van der Waals surface area (Å²) in [6, 6.07) is 8.57. The van der Waals surface area contributed by atoms with Crippen LogP contribution in [-0.2, 0) is 27.5 Å². The Balaban J connectivity index is 0.677. The highest BCUT2D eigenvalue weighted by Gasteiger charge is 2.40. The highest BCUT2D eigenvalue weighted by Crippen LogP contribution is 2.37. The van der Waals surface area contributed by atoms with Crippen LogP contribution in [0.5, 0.6) is 11.5 Å². The van der Waals surface area contributed by atoms with E-state index in [0.29, 0.717) is 60.8 Å². The fourth-order valence-electron chi connectivity index (χ4n) is 9.27. The summed E-state index contributed by atoms with van der Waals surface area (Å²) >= 11 is 0. The van der Waals surface area contributed by atoms with Crippen LogP contribution >= 0.6 is 0 Å². The number of rotatable bonds is 20. The Bertz CT molecular complexity index is 2500. The summed E-state index contributed by atoms with van der Waals surface area (Å²) in [5, 5.41) is 9.50. The molecule has 4 aliphatic rings. The molecular formula is C47H60N12O7. The van der Waals surface area contributed by atoms with Crippen molar-refractivity contribution in [1.82, 2.24) is 39.5 Å². The zero-order valence-electron chi connectivity index (χ0n) is 37.7. The lowest BCUT2D eigenvalue weighted by atomic mass is 10.0. The van der Waals surface area contributed by atoms with Gasteiger partial charge in [0.2, 0.25) is 29.3 Å². The maximum atomic E-state index is 13.3. The molecule has 4 aliphatic heterocycles. The average molecular weight is 905 g/mol. The molecule has 0 aliphatic carbocycles. The van der Waals surface area contributed by atoms with Crippen molar-refractivity contribution in [2.24, 2.45) is 4.99 Å². The summed E-state index contributed by atoms with van der Waals surface area (Å²) < 4.78 is 14.0. The van der Waals surface area contributed by atoms with Crippen LogP contribution < -0.4 is 36.8 Å². The molecule has 19 heteroatoms. The second-order valence-corrected chi connectivity index (χ2v) is 17.3. The van der Waals surface area contributed by atoms with E-state index in [-0.39, 0.29) is 47.8 Å². The van der Waals surface area contributed by atoms with E-state index < -0.39 is 17.9 Å². The number of ether oxygens (including phenoxy) is 2. The van der Waals surface area contributed by atoms with E-state index in [2.05, 4.69) is 40.7 Å². The summed E-state index contributed by atoms with van der Waals surface area (Å²) in [6.07, 6.45) is 13.3. The SMILES string of the molecule is COc1c(OCCCN2CCN(CCCCCCCCCCC(=O)Nc3cccc4c3C(=O)N(C3CCC(=O)NC3=O)C4)CC2)ccc2c3n(c(=NC(=O)c4cnc(N)nc4)nc12)CCN3. The molecule has 0 radical (unpaired) electrons. The number of imide groups is 1. The number of amides is 5. The molecule has 5 N–H and O–H groups in total. The van der Waals surface area contributed by atoms with E-state index in [9.17, 15) is 24.0 Å². The fraction of sp³-hybridized carbons (Fsp3) is 0.511. The number of nitrogens with zero attached hydrogens (tertiary/aromatic N) is 8. The minimum Gasteiger partial charge on any atom is -0.491 e. The maximum Gasteiger partial charge on any atom is 0.283 e. The van der Waals surface area contributed by atoms with Gasteiger partial charge in [-0.25, -0.2) is 15.0 Å². The number of carbonyl (C=O) groups is 5. The summed E-state index contributed by atoms with van der Waals surface area (Å²) in [6.45, 7) is 8.39. The molecule has 0 bridgehead atoms. The van der Waals surface area contributed by atoms with E-state index in [0.717, 1.165) is 88.1 Å². The summed E-state index contributed by atoms with van der Waals surface area (Å²) in [5.74, 6) is 0.278. The van der Waals surface area contributed by atoms with Crippen LogP contribution in [0.2, 0.25) is 0 Å². The number of fused-ring (bicyclic) bond motifs is 4. The molecule has 4 aromatic rings. The van der Waals surface area contributed by atoms with Gasteiger partial charge >= 0.3 is 0 Å². The van der Waals surface area contributed by atoms with E-state index in [1.54, 1.807) is 13.2 Å². The van der Waals surface area contributed by atoms with E-state index in [1.807, 2.05) is 28.8 Å². The van der Waals surface area contributed by atoms with Gasteiger partial charge in [-0.2, -0.15) is 4.99 Å². The summed E-state index contributed by atoms with van der Waals surface area (Å²) in [5.41, 5.74) is 8.29. The predicted molar refractivity (Wildman–Crippen MR) is 247 cm³/mol. The summed E-state index contributed by atoms with van der Waals surface area (Å²) in [7, 11) is 1.59. The first-order chi connectivity index (χ1) is 32.2. The molecular weight excluding hydrogens is 845 g/mol. The first kappa shape index (κ1) is 46.1. The third kappa shape index (κ3) is 11.0. The molecule has 6 heterocycles. The number of piperazine rings is 1. The van der Waals surface area contributed by atoms with Crippen molar-refractivity contribution in [2.75, 3.05) is 75.9 Å². The molecule has 350 valence electrons. The number of nitrogens with one attached hydrogen (secondary N) is 3. The number of piperidine rings is 1. The van der Waals surface area contributed by atoms with Gasteiger partial charge in [0.25, 0.3) is 11.8 Å². The first-order valence-electron chi connectivity index (χ1n) is 23.3. The standard InChI is InChI=1S/C47H60N12O7/c1-65-41-36(17-15-33-40(41)54-47(58-22-19-49-42(33)58)55-43(62)32-28-50-46(48)51-29-32)66-27-11-21-57-25-23-56(24-26-57)20-9-7-5-3-2-4-6-8-14-37(60)52-34-13-10-12-31-30-59(45(64)39(31)34)35-16-18-38(61)53-44(35)63/h10,12-13,15,17,28-29,35,49H,2-9,11,14,16,18-27,30H2,1H3,(H,52,60)(H2,48,50,51)(H,53,61,63). The van der Waals surface area contributed by atoms with Crippen molar-refractivity contribution in [3.63, 3.8) is 0 Å². The molecule has 66 heavy (non-hydrogen) atoms. The Morgan fingerprint density at radius 3 is 2.33 bits per heavy atom. The summed E-state index contributed by atoms with van der Waals surface area (Å²) in [4.78, 5) is 86.6. The van der Waals surface area contributed by atoms with Crippen LogP contribution in [0.25, 0.3) is 10.9 Å². The molecule has 0 spiro atoms. The number of anilines is 3. The lowest BCUT2D eigenvalue weighted by Crippen LogP contribution is -2.52. The number of nitrogen functional groups attached to an aromatic ring is 1. The van der Waals surface area contributed by atoms with Crippen molar-refractivity contribution < 1.29 is 33.4 Å². The van der Waals surface area contributed by atoms with Crippen molar-refractivity contribution >= 4 is 57.9 Å². The molecule has 1 atom stereocenters. The molecule has 2 aromatic heterocycles. The molecule has 8 rings (SSSR count). The number of carbonyl (C=O) groups excluding carboxylic acids is 5. The zero-order valence-corrected chi connectivity index (χ0v) is 37.7. The van der Waals surface area contributed by atoms with Crippen LogP contribution in [0, 0.1) is 0 Å². The van der Waals surface area contributed by atoms with E-state index >= 15 is 0 Å². The highest BCUT2D eigenvalue weighted by molar-refractivity contribution is 6.09. The largest absolute Gasteiger partial charge is 0.491 e.